The second kappa shape index (κ2) is 6.78. The number of rotatable bonds is 5. The Morgan fingerprint density at radius 1 is 1.35 bits per heavy atom. The molecule has 1 aliphatic heterocycles. The third kappa shape index (κ3) is 4.37. The lowest BCUT2D eigenvalue weighted by Crippen LogP contribution is -2.34. The van der Waals surface area contributed by atoms with E-state index in [4.69, 9.17) is 0 Å². The van der Waals surface area contributed by atoms with Crippen LogP contribution in [0.25, 0.3) is 0 Å². The highest BCUT2D eigenvalue weighted by Gasteiger charge is 2.29. The van der Waals surface area contributed by atoms with Crippen LogP contribution in [0.4, 0.5) is 0 Å². The summed E-state index contributed by atoms with van der Waals surface area (Å²) in [6.45, 7) is 8.33. The number of thiazole rings is 1. The van der Waals surface area contributed by atoms with Crippen LogP contribution in [0.1, 0.15) is 63.7 Å². The molecule has 0 aliphatic carbocycles. The van der Waals surface area contributed by atoms with Crippen LogP contribution in [0.2, 0.25) is 0 Å². The summed E-state index contributed by atoms with van der Waals surface area (Å²) in [5.74, 6) is -0.561. The van der Waals surface area contributed by atoms with Gasteiger partial charge in [0, 0.05) is 36.6 Å². The first kappa shape index (κ1) is 17.6. The van der Waals surface area contributed by atoms with Crippen LogP contribution in [-0.2, 0) is 19.8 Å². The van der Waals surface area contributed by atoms with Crippen LogP contribution in [0.15, 0.2) is 5.38 Å². The molecule has 1 unspecified atom stereocenters. The van der Waals surface area contributed by atoms with Crippen LogP contribution in [-0.4, -0.2) is 34.2 Å². The molecule has 23 heavy (non-hydrogen) atoms. The fraction of sp³-hybridized carbons (Fsp3) is 0.625. The minimum Gasteiger partial charge on any atom is -0.347 e. The maximum atomic E-state index is 12.0. The highest BCUT2D eigenvalue weighted by Crippen LogP contribution is 2.26. The Hall–Kier alpha value is -1.76. The van der Waals surface area contributed by atoms with Gasteiger partial charge in [0.15, 0.2) is 0 Å². The minimum atomic E-state index is -0.189. The molecule has 126 valence electrons. The van der Waals surface area contributed by atoms with Crippen LogP contribution in [0, 0.1) is 0 Å². The van der Waals surface area contributed by atoms with Gasteiger partial charge in [-0.2, -0.15) is 0 Å². The predicted molar refractivity (Wildman–Crippen MR) is 87.9 cm³/mol. The fourth-order valence-corrected chi connectivity index (χ4v) is 3.34. The van der Waals surface area contributed by atoms with Gasteiger partial charge in [-0.25, -0.2) is 4.98 Å². The molecule has 6 nitrogen and oxygen atoms in total. The Morgan fingerprint density at radius 3 is 2.48 bits per heavy atom. The fourth-order valence-electron chi connectivity index (χ4n) is 2.29. The lowest BCUT2D eigenvalue weighted by Gasteiger charge is -2.16. The molecule has 1 fully saturated rings. The molecule has 7 heteroatoms. The second-order valence-corrected chi connectivity index (χ2v) is 7.69. The van der Waals surface area contributed by atoms with E-state index in [0.717, 1.165) is 10.7 Å². The summed E-state index contributed by atoms with van der Waals surface area (Å²) in [5.41, 5.74) is 0.987. The molecule has 1 N–H and O–H groups in total. The number of aromatic nitrogens is 1. The third-order valence-electron chi connectivity index (χ3n) is 3.76. The zero-order valence-electron chi connectivity index (χ0n) is 14.0. The summed E-state index contributed by atoms with van der Waals surface area (Å²) < 4.78 is 0. The summed E-state index contributed by atoms with van der Waals surface area (Å²) in [4.78, 5) is 40.8. The first-order valence-electron chi connectivity index (χ1n) is 7.77. The van der Waals surface area contributed by atoms with Gasteiger partial charge < -0.3 is 5.32 Å². The van der Waals surface area contributed by atoms with Crippen molar-refractivity contribution in [1.29, 1.82) is 0 Å². The molecule has 1 saturated heterocycles. The van der Waals surface area contributed by atoms with Crippen molar-refractivity contribution in [2.24, 2.45) is 0 Å². The van der Waals surface area contributed by atoms with Crippen molar-refractivity contribution < 1.29 is 14.4 Å². The van der Waals surface area contributed by atoms with E-state index in [1.807, 2.05) is 12.3 Å². The number of nitrogens with one attached hydrogen (secondary N) is 1. The van der Waals surface area contributed by atoms with Gasteiger partial charge in [-0.05, 0) is 6.92 Å². The molecule has 2 heterocycles. The monoisotopic (exact) mass is 337 g/mol. The Balaban J connectivity index is 1.86. The molecule has 1 atom stereocenters. The minimum absolute atomic E-state index is 0.0189. The number of carbonyl (C=O) groups is 3. The molecule has 3 amide bonds. The Bertz CT molecular complexity index is 602. The van der Waals surface area contributed by atoms with Crippen LogP contribution in [0.3, 0.4) is 0 Å². The lowest BCUT2D eigenvalue weighted by molar-refractivity contribution is -0.138. The molecule has 1 aliphatic rings. The van der Waals surface area contributed by atoms with E-state index < -0.39 is 0 Å². The van der Waals surface area contributed by atoms with E-state index in [9.17, 15) is 14.4 Å². The smallest absolute Gasteiger partial charge is 0.229 e. The molecule has 1 aromatic rings. The van der Waals surface area contributed by atoms with Gasteiger partial charge in [-0.3, -0.25) is 19.3 Å². The molecule has 2 rings (SSSR count). The van der Waals surface area contributed by atoms with Crippen molar-refractivity contribution in [3.8, 4) is 0 Å². The van der Waals surface area contributed by atoms with Crippen LogP contribution in [0.5, 0.6) is 0 Å². The maximum Gasteiger partial charge on any atom is 0.229 e. The van der Waals surface area contributed by atoms with E-state index >= 15 is 0 Å². The predicted octanol–water partition coefficient (Wildman–Crippen LogP) is 2.16. The first-order valence-corrected chi connectivity index (χ1v) is 8.65. The zero-order valence-corrected chi connectivity index (χ0v) is 14.8. The lowest BCUT2D eigenvalue weighted by atomic mass is 9.93. The largest absolute Gasteiger partial charge is 0.347 e. The molecule has 1 aromatic heterocycles. The zero-order chi connectivity index (χ0) is 17.2. The van der Waals surface area contributed by atoms with Gasteiger partial charge >= 0.3 is 0 Å². The number of carbonyl (C=O) groups excluding carboxylic acids is 3. The van der Waals surface area contributed by atoms with Crippen molar-refractivity contribution in [1.82, 2.24) is 15.2 Å². The number of hydrogen-bond donors (Lipinski definition) is 1. The van der Waals surface area contributed by atoms with Gasteiger partial charge in [0.1, 0.15) is 5.01 Å². The summed E-state index contributed by atoms with van der Waals surface area (Å²) in [6.07, 6.45) is 0.635. The van der Waals surface area contributed by atoms with E-state index in [0.29, 0.717) is 0 Å². The number of amides is 3. The van der Waals surface area contributed by atoms with E-state index in [2.05, 4.69) is 31.1 Å². The maximum absolute atomic E-state index is 12.0. The van der Waals surface area contributed by atoms with Gasteiger partial charge in [0.2, 0.25) is 17.7 Å². The molecule has 0 radical (unpaired) electrons. The van der Waals surface area contributed by atoms with Crippen molar-refractivity contribution in [3.63, 3.8) is 0 Å². The normalized spacial score (nSPS) is 16.8. The van der Waals surface area contributed by atoms with Crippen LogP contribution < -0.4 is 5.32 Å². The second-order valence-electron chi connectivity index (χ2n) is 6.80. The quantitative estimate of drug-likeness (QED) is 0.835. The van der Waals surface area contributed by atoms with E-state index in [-0.39, 0.29) is 55.0 Å². The number of likely N-dealkylation sites (tertiary alicyclic amines) is 1. The molecule has 0 bridgehead atoms. The van der Waals surface area contributed by atoms with Gasteiger partial charge in [-0.1, -0.05) is 20.8 Å². The topological polar surface area (TPSA) is 79.4 Å². The number of imide groups is 1. The third-order valence-corrected chi connectivity index (χ3v) is 4.78. The Morgan fingerprint density at radius 2 is 1.96 bits per heavy atom. The van der Waals surface area contributed by atoms with Gasteiger partial charge in [-0.15, -0.1) is 11.3 Å². The van der Waals surface area contributed by atoms with Crippen LogP contribution >= 0.6 is 11.3 Å². The van der Waals surface area contributed by atoms with Crippen molar-refractivity contribution >= 4 is 29.1 Å². The van der Waals surface area contributed by atoms with Gasteiger partial charge in [0.05, 0.1) is 11.7 Å². The number of nitrogens with zero attached hydrogens (tertiary/aromatic N) is 2. The SMILES string of the molecule is CC(NC(=O)CCN1C(=O)CCC1=O)c1nc(C(C)(C)C)cs1. The average molecular weight is 337 g/mol. The Labute approximate surface area is 140 Å². The van der Waals surface area contributed by atoms with Crippen molar-refractivity contribution in [3.05, 3.63) is 16.1 Å². The highest BCUT2D eigenvalue weighted by atomic mass is 32.1. The summed E-state index contributed by atoms with van der Waals surface area (Å²) >= 11 is 1.53. The standard InChI is InChI=1S/C16H23N3O3S/c1-10(15-18-11(9-23-15)16(2,3)4)17-12(20)7-8-19-13(21)5-6-14(19)22/h9-10H,5-8H2,1-4H3,(H,17,20). The van der Waals surface area contributed by atoms with E-state index in [1.165, 1.54) is 16.2 Å². The Kier molecular flexibility index (Phi) is 5.19. The molecular formula is C16H23N3O3S. The van der Waals surface area contributed by atoms with Crippen molar-refractivity contribution in [2.45, 2.75) is 58.4 Å². The summed E-state index contributed by atoms with van der Waals surface area (Å²) in [6, 6.07) is -0.186. The van der Waals surface area contributed by atoms with Crippen molar-refractivity contribution in [2.75, 3.05) is 6.54 Å². The molecule has 0 saturated carbocycles. The van der Waals surface area contributed by atoms with Gasteiger partial charge in [0.25, 0.3) is 0 Å². The summed E-state index contributed by atoms with van der Waals surface area (Å²) in [7, 11) is 0. The molecule has 0 spiro atoms. The number of hydrogen-bond acceptors (Lipinski definition) is 5. The van der Waals surface area contributed by atoms with E-state index in [1.54, 1.807) is 0 Å². The molecule has 0 aromatic carbocycles. The highest BCUT2D eigenvalue weighted by molar-refractivity contribution is 7.09. The summed E-state index contributed by atoms with van der Waals surface area (Å²) in [5, 5.41) is 5.75. The average Bonchev–Trinajstić information content (AvgIpc) is 3.05. The first-order chi connectivity index (χ1) is 10.7. The molecular weight excluding hydrogens is 314 g/mol.